The van der Waals surface area contributed by atoms with Crippen molar-refractivity contribution in [1.82, 2.24) is 19.9 Å². The van der Waals surface area contributed by atoms with Crippen molar-refractivity contribution in [2.24, 2.45) is 16.2 Å². The smallest absolute Gasteiger partial charge is 0.264 e. The van der Waals surface area contributed by atoms with Crippen LogP contribution in [0.4, 0.5) is 11.8 Å². The first-order valence-corrected chi connectivity index (χ1v) is 20.0. The van der Waals surface area contributed by atoms with E-state index in [1.165, 1.54) is 12.1 Å². The SMILES string of the molecule is Cc1cccc(C)c1-c1cc2nc(n1)NS(=O)(=O)c1cccc(c1)C(=O)N(Cc1cccc(N(C)C34CC(C(C)(C)C)(C3)C4)n1)[C@H](CC(C)(C)C)CO2. The zero-order valence-corrected chi connectivity index (χ0v) is 33.3. The van der Waals surface area contributed by atoms with Crippen molar-refractivity contribution >= 4 is 27.7 Å². The summed E-state index contributed by atoms with van der Waals surface area (Å²) in [6.45, 7) is 17.8. The minimum Gasteiger partial charge on any atom is -0.475 e. The summed E-state index contributed by atoms with van der Waals surface area (Å²) in [6, 6.07) is 19.4. The molecule has 0 saturated heterocycles. The number of pyridine rings is 1. The quantitative estimate of drug-likeness (QED) is 0.211. The summed E-state index contributed by atoms with van der Waals surface area (Å²) in [6.07, 6.45) is 4.08. The van der Waals surface area contributed by atoms with Gasteiger partial charge in [0.2, 0.25) is 11.8 Å². The van der Waals surface area contributed by atoms with E-state index in [1.54, 1.807) is 23.1 Å². The molecule has 53 heavy (non-hydrogen) atoms. The highest BCUT2D eigenvalue weighted by atomic mass is 32.2. The van der Waals surface area contributed by atoms with Gasteiger partial charge in [0.05, 0.1) is 28.9 Å². The van der Waals surface area contributed by atoms with Gasteiger partial charge in [-0.2, -0.15) is 4.98 Å². The largest absolute Gasteiger partial charge is 0.475 e. The number of rotatable bonds is 6. The van der Waals surface area contributed by atoms with E-state index in [1.807, 2.05) is 50.2 Å². The van der Waals surface area contributed by atoms with Crippen LogP contribution in [0.1, 0.15) is 94.4 Å². The van der Waals surface area contributed by atoms with Crippen molar-refractivity contribution in [2.45, 2.75) is 104 Å². The maximum Gasteiger partial charge on any atom is 0.264 e. The number of hydrogen-bond acceptors (Lipinski definition) is 8. The number of sulfonamides is 1. The van der Waals surface area contributed by atoms with Gasteiger partial charge < -0.3 is 14.5 Å². The van der Waals surface area contributed by atoms with Crippen LogP contribution in [0.5, 0.6) is 5.88 Å². The van der Waals surface area contributed by atoms with E-state index in [4.69, 9.17) is 9.72 Å². The highest BCUT2D eigenvalue weighted by molar-refractivity contribution is 7.92. The number of carbonyl (C=O) groups excluding carboxylic acids is 1. The van der Waals surface area contributed by atoms with Crippen LogP contribution in [0, 0.1) is 30.1 Å². The minimum atomic E-state index is -4.18. The van der Waals surface area contributed by atoms with Gasteiger partial charge in [-0.15, -0.1) is 0 Å². The lowest BCUT2D eigenvalue weighted by molar-refractivity contribution is -0.201. The molecule has 1 atom stereocenters. The monoisotopic (exact) mass is 736 g/mol. The third-order valence-corrected chi connectivity index (χ3v) is 13.1. The topological polar surface area (TPSA) is 118 Å². The molecule has 1 N–H and O–H groups in total. The Labute approximate surface area is 314 Å². The van der Waals surface area contributed by atoms with Gasteiger partial charge >= 0.3 is 0 Å². The second-order valence-electron chi connectivity index (χ2n) is 17.8. The molecular weight excluding hydrogens is 685 g/mol. The first-order chi connectivity index (χ1) is 24.8. The number of ether oxygens (including phenoxy) is 1. The van der Waals surface area contributed by atoms with Crippen LogP contribution in [0.2, 0.25) is 0 Å². The number of anilines is 2. The highest BCUT2D eigenvalue weighted by Crippen LogP contribution is 2.76. The summed E-state index contributed by atoms with van der Waals surface area (Å²) >= 11 is 0. The molecular formula is C42H52N6O4S. The molecule has 6 bridgehead atoms. The molecule has 4 aliphatic rings. The van der Waals surface area contributed by atoms with Gasteiger partial charge in [-0.3, -0.25) is 4.79 Å². The third-order valence-electron chi connectivity index (χ3n) is 11.8. The average Bonchev–Trinajstić information content (AvgIpc) is 3.02. The number of benzene rings is 2. The first kappa shape index (κ1) is 36.8. The first-order valence-electron chi connectivity index (χ1n) is 18.5. The summed E-state index contributed by atoms with van der Waals surface area (Å²) in [5.41, 5.74) is 4.99. The molecule has 280 valence electrons. The van der Waals surface area contributed by atoms with Gasteiger partial charge in [-0.1, -0.05) is 71.9 Å². The van der Waals surface area contributed by atoms with Crippen LogP contribution >= 0.6 is 0 Å². The Kier molecular flexibility index (Phi) is 8.91. The number of fused-ring (bicyclic) bond motifs is 4. The van der Waals surface area contributed by atoms with E-state index in [0.717, 1.165) is 47.5 Å². The van der Waals surface area contributed by atoms with E-state index < -0.39 is 16.1 Å². The molecule has 3 saturated carbocycles. The molecule has 10 nitrogen and oxygen atoms in total. The van der Waals surface area contributed by atoms with E-state index in [-0.39, 0.29) is 57.7 Å². The fourth-order valence-electron chi connectivity index (χ4n) is 8.59. The average molecular weight is 737 g/mol. The number of nitrogens with zero attached hydrogens (tertiary/aromatic N) is 5. The Hall–Kier alpha value is -4.51. The molecule has 2 aromatic heterocycles. The van der Waals surface area contributed by atoms with Gasteiger partial charge in [0, 0.05) is 29.8 Å². The Morgan fingerprint density at radius 3 is 2.23 bits per heavy atom. The Morgan fingerprint density at radius 1 is 0.906 bits per heavy atom. The van der Waals surface area contributed by atoms with Crippen molar-refractivity contribution in [2.75, 3.05) is 23.3 Å². The van der Waals surface area contributed by atoms with Gasteiger partial charge in [-0.25, -0.2) is 23.1 Å². The predicted octanol–water partition coefficient (Wildman–Crippen LogP) is 8.20. The van der Waals surface area contributed by atoms with E-state index in [9.17, 15) is 13.2 Å². The van der Waals surface area contributed by atoms with E-state index >= 15 is 0 Å². The third kappa shape index (κ3) is 6.88. The summed E-state index contributed by atoms with van der Waals surface area (Å²) in [5, 5.41) is 0. The Morgan fingerprint density at radius 2 is 1.57 bits per heavy atom. The van der Waals surface area contributed by atoms with Gasteiger partial charge in [0.25, 0.3) is 15.9 Å². The van der Waals surface area contributed by atoms with Gasteiger partial charge in [-0.05, 0) is 97.2 Å². The normalized spacial score (nSPS) is 23.6. The number of carbonyl (C=O) groups is 1. The van der Waals surface area contributed by atoms with Crippen molar-refractivity contribution in [3.8, 4) is 17.1 Å². The molecule has 3 heterocycles. The molecule has 0 radical (unpaired) electrons. The Bertz CT molecular complexity index is 2150. The molecule has 1 amide bonds. The van der Waals surface area contributed by atoms with Crippen LogP contribution in [0.15, 0.2) is 71.6 Å². The van der Waals surface area contributed by atoms with Crippen LogP contribution in [0.25, 0.3) is 11.3 Å². The maximum atomic E-state index is 14.7. The zero-order valence-electron chi connectivity index (χ0n) is 32.4. The second-order valence-corrected chi connectivity index (χ2v) is 19.5. The lowest BCUT2D eigenvalue weighted by atomic mass is 9.32. The lowest BCUT2D eigenvalue weighted by Crippen LogP contribution is -2.77. The van der Waals surface area contributed by atoms with Crippen LogP contribution in [-0.2, 0) is 16.6 Å². The number of nitrogens with one attached hydrogen (secondary N) is 1. The van der Waals surface area contributed by atoms with Crippen LogP contribution in [-0.4, -0.2) is 59.4 Å². The molecule has 0 spiro atoms. The lowest BCUT2D eigenvalue weighted by Gasteiger charge is -2.78. The minimum absolute atomic E-state index is 0.0632. The number of hydrogen-bond donors (Lipinski definition) is 1. The fourth-order valence-corrected chi connectivity index (χ4v) is 9.58. The molecule has 11 heteroatoms. The summed E-state index contributed by atoms with van der Waals surface area (Å²) in [5.74, 6) is 0.683. The Balaban J connectivity index is 1.28. The van der Waals surface area contributed by atoms with Crippen molar-refractivity contribution < 1.29 is 17.9 Å². The number of aromatic nitrogens is 3. The molecule has 4 aromatic rings. The fraction of sp³-hybridized carbons (Fsp3) is 0.476. The predicted molar refractivity (Wildman–Crippen MR) is 209 cm³/mol. The van der Waals surface area contributed by atoms with Crippen LogP contribution < -0.4 is 14.4 Å². The van der Waals surface area contributed by atoms with Crippen molar-refractivity contribution in [3.05, 3.63) is 89.1 Å². The van der Waals surface area contributed by atoms with E-state index in [0.29, 0.717) is 17.5 Å². The molecule has 3 fully saturated rings. The van der Waals surface area contributed by atoms with Crippen LogP contribution in [0.3, 0.4) is 0 Å². The summed E-state index contributed by atoms with van der Waals surface area (Å²) in [4.78, 5) is 33.0. The van der Waals surface area contributed by atoms with Crippen molar-refractivity contribution in [3.63, 3.8) is 0 Å². The van der Waals surface area contributed by atoms with Gasteiger partial charge in [0.15, 0.2) is 0 Å². The number of amides is 1. The zero-order chi connectivity index (χ0) is 38.1. The van der Waals surface area contributed by atoms with E-state index in [2.05, 4.69) is 68.2 Å². The van der Waals surface area contributed by atoms with Crippen molar-refractivity contribution in [1.29, 1.82) is 0 Å². The summed E-state index contributed by atoms with van der Waals surface area (Å²) in [7, 11) is -2.04. The standard InChI is InChI=1S/C42H52N6O4S/c1-27-13-10-14-28(2)36(27)33-20-35-45-38(44-33)46-53(50,51)32-17-11-15-29(19-32)37(49)48(31(23-52-35)21-39(3,4)5)22-30-16-12-18-34(43-30)47(9)42-24-41(25-42,26-42)40(6,7)8/h10-20,31H,21-26H2,1-9H3,(H,44,45,46)/t31-,41?,42?/m1/s1. The second kappa shape index (κ2) is 12.8. The van der Waals surface area contributed by atoms with Gasteiger partial charge in [0.1, 0.15) is 12.4 Å². The molecule has 1 aliphatic heterocycles. The molecule has 2 aromatic carbocycles. The summed E-state index contributed by atoms with van der Waals surface area (Å²) < 4.78 is 36.6. The highest BCUT2D eigenvalue weighted by Gasteiger charge is 2.73. The molecule has 8 rings (SSSR count). The molecule has 0 unspecified atom stereocenters. The maximum absolute atomic E-state index is 14.7. The number of aryl methyl sites for hydroxylation is 2. The molecule has 3 aliphatic carbocycles.